The number of benzene rings is 1. The summed E-state index contributed by atoms with van der Waals surface area (Å²) in [5, 5.41) is 12.8. The molecule has 1 aromatic rings. The Kier molecular flexibility index (Phi) is 10.7. The van der Waals surface area contributed by atoms with Crippen LogP contribution in [0.15, 0.2) is 18.2 Å². The molecule has 2 amide bonds. The summed E-state index contributed by atoms with van der Waals surface area (Å²) in [6.07, 6.45) is 5.11. The Labute approximate surface area is 164 Å². The van der Waals surface area contributed by atoms with E-state index in [1.165, 1.54) is 0 Å². The molecule has 1 unspecified atom stereocenters. The Hall–Kier alpha value is -1.88. The molecule has 0 aliphatic heterocycles. The number of aliphatic hydroxyl groups is 1. The van der Waals surface area contributed by atoms with Gasteiger partial charge in [-0.05, 0) is 49.9 Å². The van der Waals surface area contributed by atoms with Crippen molar-refractivity contribution >= 4 is 11.8 Å². The van der Waals surface area contributed by atoms with Crippen molar-refractivity contribution in [2.45, 2.75) is 72.3 Å². The Morgan fingerprint density at radius 3 is 2.22 bits per heavy atom. The van der Waals surface area contributed by atoms with E-state index in [-0.39, 0.29) is 18.4 Å². The van der Waals surface area contributed by atoms with Gasteiger partial charge in [-0.1, -0.05) is 40.0 Å². The van der Waals surface area contributed by atoms with Crippen LogP contribution in [-0.4, -0.2) is 47.6 Å². The third-order valence-corrected chi connectivity index (χ3v) is 4.50. The number of amides is 2. The summed E-state index contributed by atoms with van der Waals surface area (Å²) in [4.78, 5) is 27.1. The smallest absolute Gasteiger partial charge is 0.253 e. The Balaban J connectivity index is 2.79. The predicted molar refractivity (Wildman–Crippen MR) is 110 cm³/mol. The van der Waals surface area contributed by atoms with E-state index in [0.29, 0.717) is 30.6 Å². The van der Waals surface area contributed by atoms with Crippen molar-refractivity contribution < 1.29 is 14.7 Å². The first kappa shape index (κ1) is 23.2. The molecule has 0 fully saturated rings. The molecule has 5 nitrogen and oxygen atoms in total. The molecule has 0 radical (unpaired) electrons. The number of nitrogens with zero attached hydrogens (tertiary/aromatic N) is 1. The van der Waals surface area contributed by atoms with Gasteiger partial charge in [0.05, 0.1) is 6.10 Å². The number of nitrogens with one attached hydrogen (secondary N) is 1. The van der Waals surface area contributed by atoms with Crippen molar-refractivity contribution in [3.63, 3.8) is 0 Å². The van der Waals surface area contributed by atoms with E-state index in [0.717, 1.165) is 37.7 Å². The van der Waals surface area contributed by atoms with E-state index in [1.807, 2.05) is 17.9 Å². The Morgan fingerprint density at radius 1 is 1.00 bits per heavy atom. The van der Waals surface area contributed by atoms with Gasteiger partial charge in [0.15, 0.2) is 0 Å². The van der Waals surface area contributed by atoms with Crippen LogP contribution in [-0.2, 0) is 0 Å². The fraction of sp³-hybridized carbons (Fsp3) is 0.636. The van der Waals surface area contributed by atoms with Crippen LogP contribution in [0.3, 0.4) is 0 Å². The van der Waals surface area contributed by atoms with Crippen LogP contribution in [0, 0.1) is 6.92 Å². The van der Waals surface area contributed by atoms with E-state index < -0.39 is 6.10 Å². The van der Waals surface area contributed by atoms with Crippen molar-refractivity contribution in [1.29, 1.82) is 0 Å². The lowest BCUT2D eigenvalue weighted by Crippen LogP contribution is -2.34. The van der Waals surface area contributed by atoms with Gasteiger partial charge < -0.3 is 15.3 Å². The molecule has 0 saturated heterocycles. The summed E-state index contributed by atoms with van der Waals surface area (Å²) in [6, 6.07) is 5.27. The first-order valence-electron chi connectivity index (χ1n) is 10.3. The minimum absolute atomic E-state index is 0.0314. The van der Waals surface area contributed by atoms with Gasteiger partial charge in [-0.3, -0.25) is 9.59 Å². The molecular formula is C22H36N2O3. The summed E-state index contributed by atoms with van der Waals surface area (Å²) in [5.41, 5.74) is 1.89. The number of hydrogen-bond acceptors (Lipinski definition) is 3. The highest BCUT2D eigenvalue weighted by atomic mass is 16.3. The average molecular weight is 377 g/mol. The van der Waals surface area contributed by atoms with E-state index >= 15 is 0 Å². The highest BCUT2D eigenvalue weighted by Gasteiger charge is 2.17. The van der Waals surface area contributed by atoms with Crippen LogP contribution < -0.4 is 5.32 Å². The minimum Gasteiger partial charge on any atom is -0.391 e. The maximum absolute atomic E-state index is 12.8. The molecule has 0 saturated carbocycles. The SMILES string of the molecule is CCCCCC(O)CNC(=O)c1cc(C)cc(C(=O)N(CCC)CCC)c1. The zero-order valence-electron chi connectivity index (χ0n) is 17.4. The maximum atomic E-state index is 12.8. The van der Waals surface area contributed by atoms with Gasteiger partial charge >= 0.3 is 0 Å². The number of hydrogen-bond donors (Lipinski definition) is 2. The van der Waals surface area contributed by atoms with Crippen LogP contribution in [0.1, 0.15) is 85.6 Å². The van der Waals surface area contributed by atoms with E-state index in [9.17, 15) is 14.7 Å². The van der Waals surface area contributed by atoms with Gasteiger partial charge in [0, 0.05) is 30.8 Å². The molecule has 2 N–H and O–H groups in total. The molecule has 27 heavy (non-hydrogen) atoms. The highest BCUT2D eigenvalue weighted by molar-refractivity contribution is 6.00. The molecule has 0 spiro atoms. The number of aliphatic hydroxyl groups excluding tert-OH is 1. The van der Waals surface area contributed by atoms with E-state index in [1.54, 1.807) is 12.1 Å². The molecule has 5 heteroatoms. The van der Waals surface area contributed by atoms with Crippen LogP contribution in [0.2, 0.25) is 0 Å². The number of carbonyl (C=O) groups is 2. The lowest BCUT2D eigenvalue weighted by molar-refractivity contribution is 0.0755. The number of carbonyl (C=O) groups excluding carboxylic acids is 2. The zero-order valence-corrected chi connectivity index (χ0v) is 17.4. The quantitative estimate of drug-likeness (QED) is 0.543. The van der Waals surface area contributed by atoms with Gasteiger partial charge in [0.1, 0.15) is 0 Å². The second-order valence-corrected chi connectivity index (χ2v) is 7.24. The molecule has 0 aliphatic carbocycles. The molecule has 1 atom stereocenters. The summed E-state index contributed by atoms with van der Waals surface area (Å²) in [5.74, 6) is -0.282. The summed E-state index contributed by atoms with van der Waals surface area (Å²) in [6.45, 7) is 9.77. The number of rotatable bonds is 12. The largest absolute Gasteiger partial charge is 0.391 e. The molecule has 0 heterocycles. The van der Waals surface area contributed by atoms with Gasteiger partial charge in [-0.2, -0.15) is 0 Å². The number of aryl methyl sites for hydroxylation is 1. The van der Waals surface area contributed by atoms with Crippen LogP contribution >= 0.6 is 0 Å². The highest BCUT2D eigenvalue weighted by Crippen LogP contribution is 2.13. The van der Waals surface area contributed by atoms with E-state index in [2.05, 4.69) is 26.1 Å². The monoisotopic (exact) mass is 376 g/mol. The van der Waals surface area contributed by atoms with Crippen molar-refractivity contribution in [3.8, 4) is 0 Å². The van der Waals surface area contributed by atoms with Gasteiger partial charge in [-0.15, -0.1) is 0 Å². The molecular weight excluding hydrogens is 340 g/mol. The van der Waals surface area contributed by atoms with Gasteiger partial charge in [0.25, 0.3) is 11.8 Å². The summed E-state index contributed by atoms with van der Waals surface area (Å²) >= 11 is 0. The zero-order chi connectivity index (χ0) is 20.2. The Bertz CT molecular complexity index is 595. The van der Waals surface area contributed by atoms with Crippen LogP contribution in [0.5, 0.6) is 0 Å². The molecule has 1 aromatic carbocycles. The first-order chi connectivity index (χ1) is 12.9. The molecule has 0 bridgehead atoms. The molecule has 1 rings (SSSR count). The van der Waals surface area contributed by atoms with Crippen LogP contribution in [0.4, 0.5) is 0 Å². The van der Waals surface area contributed by atoms with Crippen molar-refractivity contribution in [2.75, 3.05) is 19.6 Å². The average Bonchev–Trinajstić information content (AvgIpc) is 2.65. The minimum atomic E-state index is -0.531. The standard InChI is InChI=1S/C22H36N2O3/c1-5-8-9-10-20(25)16-23-21(26)18-13-17(4)14-19(15-18)22(27)24(11-6-2)12-7-3/h13-15,20,25H,5-12,16H2,1-4H3,(H,23,26). The van der Waals surface area contributed by atoms with Crippen molar-refractivity contribution in [3.05, 3.63) is 34.9 Å². The number of unbranched alkanes of at least 4 members (excludes halogenated alkanes) is 2. The summed E-state index contributed by atoms with van der Waals surface area (Å²) in [7, 11) is 0. The lowest BCUT2D eigenvalue weighted by Gasteiger charge is -2.22. The maximum Gasteiger partial charge on any atom is 0.253 e. The molecule has 152 valence electrons. The normalized spacial score (nSPS) is 11.9. The Morgan fingerprint density at radius 2 is 1.63 bits per heavy atom. The third kappa shape index (κ3) is 8.12. The van der Waals surface area contributed by atoms with Crippen molar-refractivity contribution in [2.24, 2.45) is 0 Å². The summed E-state index contributed by atoms with van der Waals surface area (Å²) < 4.78 is 0. The first-order valence-corrected chi connectivity index (χ1v) is 10.3. The molecule has 0 aromatic heterocycles. The lowest BCUT2D eigenvalue weighted by atomic mass is 10.0. The second-order valence-electron chi connectivity index (χ2n) is 7.24. The van der Waals surface area contributed by atoms with Crippen LogP contribution in [0.25, 0.3) is 0 Å². The topological polar surface area (TPSA) is 69.6 Å². The van der Waals surface area contributed by atoms with Gasteiger partial charge in [-0.25, -0.2) is 0 Å². The fourth-order valence-corrected chi connectivity index (χ4v) is 3.12. The second kappa shape index (κ2) is 12.5. The third-order valence-electron chi connectivity index (χ3n) is 4.50. The fourth-order valence-electron chi connectivity index (χ4n) is 3.12. The van der Waals surface area contributed by atoms with Gasteiger partial charge in [0.2, 0.25) is 0 Å². The van der Waals surface area contributed by atoms with Crippen molar-refractivity contribution in [1.82, 2.24) is 10.2 Å². The molecule has 0 aliphatic rings. The predicted octanol–water partition coefficient (Wildman–Crippen LogP) is 3.93. The van der Waals surface area contributed by atoms with E-state index in [4.69, 9.17) is 0 Å².